The molecule has 0 spiro atoms. The third-order valence-corrected chi connectivity index (χ3v) is 2.98. The van der Waals surface area contributed by atoms with Crippen LogP contribution in [-0.2, 0) is 11.3 Å². The molecule has 7 heteroatoms. The minimum Gasteiger partial charge on any atom is -0.464 e. The summed E-state index contributed by atoms with van der Waals surface area (Å²) in [5, 5.41) is 7.01. The maximum Gasteiger partial charge on any atom is 0.360 e. The molecule has 2 N–H and O–H groups in total. The monoisotopic (exact) mass is 252 g/mol. The van der Waals surface area contributed by atoms with Crippen LogP contribution in [0.2, 0.25) is 0 Å². The third kappa shape index (κ3) is 2.44. The highest BCUT2D eigenvalue weighted by atomic mass is 32.1. The van der Waals surface area contributed by atoms with Gasteiger partial charge in [0.2, 0.25) is 0 Å². The number of anilines is 1. The van der Waals surface area contributed by atoms with Crippen molar-refractivity contribution in [1.29, 1.82) is 0 Å². The number of esters is 1. The predicted octanol–water partition coefficient (Wildman–Crippen LogP) is 1.07. The van der Waals surface area contributed by atoms with Crippen molar-refractivity contribution in [1.82, 2.24) is 14.8 Å². The van der Waals surface area contributed by atoms with Crippen LogP contribution in [0.5, 0.6) is 0 Å². The average molecular weight is 252 g/mol. The van der Waals surface area contributed by atoms with Crippen LogP contribution in [0.1, 0.15) is 21.2 Å². The Morgan fingerprint density at radius 3 is 3.00 bits per heavy atom. The van der Waals surface area contributed by atoms with E-state index in [0.29, 0.717) is 12.2 Å². The minimum atomic E-state index is -0.532. The van der Waals surface area contributed by atoms with Crippen molar-refractivity contribution in [3.63, 3.8) is 0 Å². The molecule has 2 heterocycles. The van der Waals surface area contributed by atoms with E-state index in [-0.39, 0.29) is 5.69 Å². The lowest BCUT2D eigenvalue weighted by Crippen LogP contribution is -2.07. The molecule has 2 rings (SSSR count). The summed E-state index contributed by atoms with van der Waals surface area (Å²) in [5.74, 6) is -0.532. The van der Waals surface area contributed by atoms with Gasteiger partial charge in [0.1, 0.15) is 0 Å². The highest BCUT2D eigenvalue weighted by Gasteiger charge is 2.15. The zero-order chi connectivity index (χ0) is 12.4. The number of hydrogen-bond acceptors (Lipinski definition) is 6. The fourth-order valence-electron chi connectivity index (χ4n) is 1.42. The summed E-state index contributed by atoms with van der Waals surface area (Å²) in [5.41, 5.74) is 7.02. The molecule has 0 bridgehead atoms. The fraction of sp³-hybridized carbons (Fsp3) is 0.300. The first-order chi connectivity index (χ1) is 8.10. The van der Waals surface area contributed by atoms with Crippen LogP contribution < -0.4 is 5.73 Å². The van der Waals surface area contributed by atoms with Crippen LogP contribution >= 0.6 is 11.3 Å². The number of thiazole rings is 1. The molecule has 0 saturated heterocycles. The van der Waals surface area contributed by atoms with E-state index < -0.39 is 5.97 Å². The normalized spacial score (nSPS) is 10.5. The standard InChI is InChI=1S/C10H12N4O2S/c1-6-12-7(5-17-6)3-14-4-8(11)9(13-14)10(15)16-2/h4-5H,3,11H2,1-2H3. The summed E-state index contributed by atoms with van der Waals surface area (Å²) in [6, 6.07) is 0. The van der Waals surface area contributed by atoms with E-state index in [1.807, 2.05) is 12.3 Å². The van der Waals surface area contributed by atoms with Gasteiger partial charge in [0, 0.05) is 11.6 Å². The van der Waals surface area contributed by atoms with E-state index in [4.69, 9.17) is 5.73 Å². The van der Waals surface area contributed by atoms with Crippen molar-refractivity contribution in [2.45, 2.75) is 13.5 Å². The first-order valence-electron chi connectivity index (χ1n) is 4.92. The van der Waals surface area contributed by atoms with Gasteiger partial charge in [-0.3, -0.25) is 4.68 Å². The Balaban J connectivity index is 2.20. The van der Waals surface area contributed by atoms with Gasteiger partial charge >= 0.3 is 5.97 Å². The van der Waals surface area contributed by atoms with E-state index in [1.165, 1.54) is 7.11 Å². The number of nitrogens with two attached hydrogens (primary N) is 1. The number of nitrogen functional groups attached to an aromatic ring is 1. The lowest BCUT2D eigenvalue weighted by atomic mass is 10.4. The first-order valence-corrected chi connectivity index (χ1v) is 5.80. The summed E-state index contributed by atoms with van der Waals surface area (Å²) in [7, 11) is 1.30. The molecule has 0 aromatic carbocycles. The molecular weight excluding hydrogens is 240 g/mol. The molecule has 0 aliphatic heterocycles. The Hall–Kier alpha value is -1.89. The van der Waals surface area contributed by atoms with Crippen molar-refractivity contribution in [2.75, 3.05) is 12.8 Å². The number of rotatable bonds is 3. The number of hydrogen-bond donors (Lipinski definition) is 1. The van der Waals surface area contributed by atoms with E-state index in [1.54, 1.807) is 22.2 Å². The van der Waals surface area contributed by atoms with Gasteiger partial charge in [0.05, 0.1) is 30.0 Å². The zero-order valence-electron chi connectivity index (χ0n) is 9.51. The molecule has 0 radical (unpaired) electrons. The van der Waals surface area contributed by atoms with Gasteiger partial charge in [0.15, 0.2) is 5.69 Å². The van der Waals surface area contributed by atoms with Crippen LogP contribution in [0.15, 0.2) is 11.6 Å². The van der Waals surface area contributed by atoms with Crippen molar-refractivity contribution in [2.24, 2.45) is 0 Å². The number of carbonyl (C=O) groups is 1. The van der Waals surface area contributed by atoms with Gasteiger partial charge in [-0.05, 0) is 6.92 Å². The van der Waals surface area contributed by atoms with E-state index >= 15 is 0 Å². The van der Waals surface area contributed by atoms with Gasteiger partial charge in [0.25, 0.3) is 0 Å². The number of ether oxygens (including phenoxy) is 1. The molecule has 0 fully saturated rings. The Labute approximate surface area is 102 Å². The van der Waals surface area contributed by atoms with E-state index in [9.17, 15) is 4.79 Å². The summed E-state index contributed by atoms with van der Waals surface area (Å²) in [6.45, 7) is 2.43. The predicted molar refractivity (Wildman–Crippen MR) is 63.9 cm³/mol. The topological polar surface area (TPSA) is 83.0 Å². The summed E-state index contributed by atoms with van der Waals surface area (Å²) in [4.78, 5) is 15.6. The number of aryl methyl sites for hydroxylation is 1. The highest BCUT2D eigenvalue weighted by molar-refractivity contribution is 7.09. The van der Waals surface area contributed by atoms with Crippen molar-refractivity contribution < 1.29 is 9.53 Å². The van der Waals surface area contributed by atoms with Crippen LogP contribution in [0.4, 0.5) is 5.69 Å². The molecule has 0 aliphatic rings. The second kappa shape index (κ2) is 4.54. The van der Waals surface area contributed by atoms with Gasteiger partial charge in [-0.1, -0.05) is 0 Å². The largest absolute Gasteiger partial charge is 0.464 e. The third-order valence-electron chi connectivity index (χ3n) is 2.16. The van der Waals surface area contributed by atoms with Crippen molar-refractivity contribution in [3.8, 4) is 0 Å². The Morgan fingerprint density at radius 1 is 1.65 bits per heavy atom. The van der Waals surface area contributed by atoms with Gasteiger partial charge in [-0.15, -0.1) is 11.3 Å². The van der Waals surface area contributed by atoms with Crippen molar-refractivity contribution >= 4 is 23.0 Å². The minimum absolute atomic E-state index is 0.138. The molecule has 0 saturated carbocycles. The highest BCUT2D eigenvalue weighted by Crippen LogP contribution is 2.13. The Morgan fingerprint density at radius 2 is 2.41 bits per heavy atom. The summed E-state index contributed by atoms with van der Waals surface area (Å²) in [6.07, 6.45) is 1.60. The van der Waals surface area contributed by atoms with Crippen molar-refractivity contribution in [3.05, 3.63) is 28.0 Å². The number of nitrogens with zero attached hydrogens (tertiary/aromatic N) is 3. The fourth-order valence-corrected chi connectivity index (χ4v) is 2.02. The molecule has 0 unspecified atom stereocenters. The molecule has 0 aliphatic carbocycles. The quantitative estimate of drug-likeness (QED) is 0.826. The molecular formula is C10H12N4O2S. The maximum absolute atomic E-state index is 11.3. The lowest BCUT2D eigenvalue weighted by Gasteiger charge is -1.96. The summed E-state index contributed by atoms with van der Waals surface area (Å²) < 4.78 is 6.16. The zero-order valence-corrected chi connectivity index (χ0v) is 10.3. The second-order valence-electron chi connectivity index (χ2n) is 3.48. The maximum atomic E-state index is 11.3. The van der Waals surface area contributed by atoms with E-state index in [2.05, 4.69) is 14.8 Å². The smallest absolute Gasteiger partial charge is 0.360 e. The van der Waals surface area contributed by atoms with Crippen LogP contribution in [0.25, 0.3) is 0 Å². The summed E-state index contributed by atoms with van der Waals surface area (Å²) >= 11 is 1.57. The second-order valence-corrected chi connectivity index (χ2v) is 4.54. The molecule has 0 amide bonds. The lowest BCUT2D eigenvalue weighted by molar-refractivity contribution is 0.0594. The first kappa shape index (κ1) is 11.6. The molecule has 2 aromatic heterocycles. The number of carbonyl (C=O) groups excluding carboxylic acids is 1. The van der Waals surface area contributed by atoms with Crippen LogP contribution in [0, 0.1) is 6.92 Å². The van der Waals surface area contributed by atoms with E-state index in [0.717, 1.165) is 10.7 Å². The molecule has 90 valence electrons. The van der Waals surface area contributed by atoms with Crippen LogP contribution in [0.3, 0.4) is 0 Å². The van der Waals surface area contributed by atoms with Gasteiger partial charge in [-0.2, -0.15) is 5.10 Å². The Bertz CT molecular complexity index is 546. The Kier molecular flexibility index (Phi) is 3.10. The van der Waals surface area contributed by atoms with Gasteiger partial charge < -0.3 is 10.5 Å². The molecule has 17 heavy (non-hydrogen) atoms. The molecule has 2 aromatic rings. The number of methoxy groups -OCH3 is 1. The van der Waals surface area contributed by atoms with Crippen LogP contribution in [-0.4, -0.2) is 27.8 Å². The number of aromatic nitrogens is 3. The molecule has 6 nitrogen and oxygen atoms in total. The SMILES string of the molecule is COC(=O)c1nn(Cc2csc(C)n2)cc1N. The average Bonchev–Trinajstić information content (AvgIpc) is 2.85. The van der Waals surface area contributed by atoms with Gasteiger partial charge in [-0.25, -0.2) is 9.78 Å². The molecule has 0 atom stereocenters.